The van der Waals surface area contributed by atoms with Crippen molar-refractivity contribution in [2.75, 3.05) is 26.9 Å². The van der Waals surface area contributed by atoms with Gasteiger partial charge >= 0.3 is 0 Å². The lowest BCUT2D eigenvalue weighted by atomic mass is 9.55. The van der Waals surface area contributed by atoms with Crippen molar-refractivity contribution >= 4 is 0 Å². The number of hydrogen-bond acceptors (Lipinski definition) is 4. The van der Waals surface area contributed by atoms with Gasteiger partial charge in [0.25, 0.3) is 0 Å². The maximum absolute atomic E-state index is 6.42. The van der Waals surface area contributed by atoms with Gasteiger partial charge in [-0.25, -0.2) is 4.90 Å². The van der Waals surface area contributed by atoms with Crippen LogP contribution < -0.4 is 21.3 Å². The van der Waals surface area contributed by atoms with E-state index >= 15 is 0 Å². The molecular weight excluding hydrogens is 382 g/mol. The summed E-state index contributed by atoms with van der Waals surface area (Å²) in [6.07, 6.45) is 12.3. The van der Waals surface area contributed by atoms with Gasteiger partial charge in [0.1, 0.15) is 12.7 Å². The Bertz CT molecular complexity index is 725. The molecule has 2 aliphatic heterocycles. The molecule has 6 unspecified atom stereocenters. The van der Waals surface area contributed by atoms with Gasteiger partial charge in [-0.2, -0.15) is 0 Å². The molecule has 0 saturated carbocycles. The van der Waals surface area contributed by atoms with Gasteiger partial charge in [-0.1, -0.05) is 50.5 Å². The summed E-state index contributed by atoms with van der Waals surface area (Å²) in [5.41, 5.74) is 12.4. The predicted octanol–water partition coefficient (Wildman–Crippen LogP) is 2.57. The molecule has 5 nitrogen and oxygen atoms in total. The zero-order valence-electron chi connectivity index (χ0n) is 21.0. The molecule has 0 aromatic rings. The molecule has 31 heavy (non-hydrogen) atoms. The van der Waals surface area contributed by atoms with Crippen molar-refractivity contribution in [2.45, 2.75) is 97.9 Å². The molecule has 6 atom stereocenters. The summed E-state index contributed by atoms with van der Waals surface area (Å²) in [5, 5.41) is 6.98. The van der Waals surface area contributed by atoms with Crippen LogP contribution in [0.5, 0.6) is 0 Å². The Kier molecular flexibility index (Phi) is 6.73. The molecule has 176 valence electrons. The van der Waals surface area contributed by atoms with Gasteiger partial charge in [-0.05, 0) is 68.6 Å². The van der Waals surface area contributed by atoms with Crippen LogP contribution in [0.15, 0.2) is 22.8 Å². The number of nitrogens with two attached hydrogens (primary N) is 1. The molecular formula is C26H48N5+. The highest BCUT2D eigenvalue weighted by atomic mass is 15.5. The summed E-state index contributed by atoms with van der Waals surface area (Å²) in [7, 11) is 2.28. The van der Waals surface area contributed by atoms with E-state index < -0.39 is 0 Å². The van der Waals surface area contributed by atoms with Crippen LogP contribution in [0.3, 0.4) is 0 Å². The number of likely N-dealkylation sites (N-methyl/N-ethyl adjacent to an activating group) is 1. The van der Waals surface area contributed by atoms with E-state index in [0.29, 0.717) is 23.0 Å². The van der Waals surface area contributed by atoms with Crippen LogP contribution in [0.2, 0.25) is 0 Å². The Hall–Kier alpha value is -0.720. The third-order valence-electron chi connectivity index (χ3n) is 9.50. The summed E-state index contributed by atoms with van der Waals surface area (Å²) in [5.74, 6) is 0.793. The highest BCUT2D eigenvalue weighted by molar-refractivity contribution is 5.32. The van der Waals surface area contributed by atoms with Crippen molar-refractivity contribution in [3.05, 3.63) is 22.8 Å². The van der Waals surface area contributed by atoms with Crippen LogP contribution in [0.4, 0.5) is 0 Å². The van der Waals surface area contributed by atoms with Crippen molar-refractivity contribution < 1.29 is 4.90 Å². The van der Waals surface area contributed by atoms with Gasteiger partial charge < -0.3 is 10.6 Å². The molecule has 0 radical (unpaired) electrons. The number of fused-ring (bicyclic) bond motifs is 1. The van der Waals surface area contributed by atoms with Crippen molar-refractivity contribution in [3.63, 3.8) is 0 Å². The minimum Gasteiger partial charge on any atom is -0.314 e. The van der Waals surface area contributed by atoms with Crippen LogP contribution in [0.1, 0.15) is 79.6 Å². The van der Waals surface area contributed by atoms with Crippen LogP contribution in [-0.2, 0) is 0 Å². The monoisotopic (exact) mass is 430 g/mol. The second kappa shape index (κ2) is 8.90. The molecule has 0 bridgehead atoms. The van der Waals surface area contributed by atoms with Crippen LogP contribution in [0, 0.1) is 16.7 Å². The lowest BCUT2D eigenvalue weighted by Gasteiger charge is -2.50. The molecule has 0 aromatic heterocycles. The van der Waals surface area contributed by atoms with Crippen LogP contribution in [0.25, 0.3) is 0 Å². The first kappa shape index (κ1) is 23.4. The molecule has 2 fully saturated rings. The largest absolute Gasteiger partial charge is 0.314 e. The summed E-state index contributed by atoms with van der Waals surface area (Å²) in [4.78, 5) is 4.08. The van der Waals surface area contributed by atoms with Crippen molar-refractivity contribution in [1.29, 1.82) is 0 Å². The van der Waals surface area contributed by atoms with Gasteiger partial charge in [0, 0.05) is 6.54 Å². The number of nitrogens with zero attached hydrogens (tertiary/aromatic N) is 1. The molecule has 0 amide bonds. The van der Waals surface area contributed by atoms with Gasteiger partial charge in [0.2, 0.25) is 0 Å². The zero-order chi connectivity index (χ0) is 22.4. The first-order valence-electron chi connectivity index (χ1n) is 12.8. The van der Waals surface area contributed by atoms with E-state index in [1.54, 1.807) is 5.57 Å². The third-order valence-corrected chi connectivity index (χ3v) is 9.50. The fraction of sp³-hybridized carbons (Fsp3) is 0.846. The summed E-state index contributed by atoms with van der Waals surface area (Å²) >= 11 is 0. The second-order valence-corrected chi connectivity index (χ2v) is 12.0. The van der Waals surface area contributed by atoms with Gasteiger partial charge in [-0.3, -0.25) is 10.6 Å². The molecule has 2 heterocycles. The Morgan fingerprint density at radius 1 is 1.23 bits per heavy atom. The number of rotatable bonds is 5. The molecule has 0 aromatic carbocycles. The Morgan fingerprint density at radius 3 is 2.77 bits per heavy atom. The second-order valence-electron chi connectivity index (χ2n) is 12.0. The minimum atomic E-state index is 0.0550. The lowest BCUT2D eigenvalue weighted by Crippen LogP contribution is -3.14. The summed E-state index contributed by atoms with van der Waals surface area (Å²) < 4.78 is 0. The van der Waals surface area contributed by atoms with E-state index in [9.17, 15) is 0 Å². The Balaban J connectivity index is 1.42. The summed E-state index contributed by atoms with van der Waals surface area (Å²) in [6.45, 7) is 15.3. The average molecular weight is 431 g/mol. The zero-order valence-corrected chi connectivity index (χ0v) is 21.0. The molecule has 2 aliphatic carbocycles. The Morgan fingerprint density at radius 2 is 2.00 bits per heavy atom. The van der Waals surface area contributed by atoms with Crippen molar-refractivity contribution in [3.8, 4) is 0 Å². The molecule has 5 heteroatoms. The van der Waals surface area contributed by atoms with Crippen molar-refractivity contribution in [2.24, 2.45) is 22.5 Å². The van der Waals surface area contributed by atoms with Crippen molar-refractivity contribution in [1.82, 2.24) is 15.5 Å². The fourth-order valence-electron chi connectivity index (χ4n) is 7.09. The smallest absolute Gasteiger partial charge is 0.162 e. The number of nitrogens with one attached hydrogen (secondary N) is 3. The molecule has 5 N–H and O–H groups in total. The van der Waals surface area contributed by atoms with Crippen LogP contribution >= 0.6 is 0 Å². The number of allylic oxidation sites excluding steroid dienone is 3. The van der Waals surface area contributed by atoms with Gasteiger partial charge in [0.05, 0.1) is 19.9 Å². The SMILES string of the molecule is CC(=CCN1C[NH+](C)C2NCNC(N)C21)CCC1(C)C2=C(CCC1C)C(C)(C)CCC2. The van der Waals surface area contributed by atoms with Gasteiger partial charge in [-0.15, -0.1) is 0 Å². The maximum Gasteiger partial charge on any atom is 0.162 e. The van der Waals surface area contributed by atoms with E-state index in [-0.39, 0.29) is 6.17 Å². The van der Waals surface area contributed by atoms with Gasteiger partial charge in [0.15, 0.2) is 6.17 Å². The van der Waals surface area contributed by atoms with E-state index in [0.717, 1.165) is 25.8 Å². The molecule has 2 saturated heterocycles. The average Bonchev–Trinajstić information content (AvgIpc) is 3.05. The summed E-state index contributed by atoms with van der Waals surface area (Å²) in [6, 6.07) is 0.367. The van der Waals surface area contributed by atoms with Crippen LogP contribution in [-0.4, -0.2) is 50.2 Å². The standard InChI is InChI=1S/C26H47N5/c1-18(12-15-31-17-30(6)24-22(31)23(27)28-16-29-24)11-14-26(5)19(2)9-10-20-21(26)8-7-13-25(20,3)4/h12,19,22-24,28-29H,7-11,13-17,27H2,1-6H3/p+1. The fourth-order valence-corrected chi connectivity index (χ4v) is 7.09. The number of hydrogen-bond donors (Lipinski definition) is 4. The first-order chi connectivity index (χ1) is 14.6. The molecule has 0 spiro atoms. The Labute approximate surface area is 190 Å². The topological polar surface area (TPSA) is 57.8 Å². The quantitative estimate of drug-likeness (QED) is 0.507. The normalized spacial score (nSPS) is 41.3. The predicted molar refractivity (Wildman–Crippen MR) is 129 cm³/mol. The number of quaternary nitrogens is 1. The molecule has 4 aliphatic rings. The highest BCUT2D eigenvalue weighted by Crippen LogP contribution is 2.56. The maximum atomic E-state index is 6.42. The van der Waals surface area contributed by atoms with E-state index in [1.807, 2.05) is 11.1 Å². The third kappa shape index (κ3) is 4.41. The minimum absolute atomic E-state index is 0.0550. The molecule has 4 rings (SSSR count). The first-order valence-corrected chi connectivity index (χ1v) is 12.8. The van der Waals surface area contributed by atoms with E-state index in [2.05, 4.69) is 63.3 Å². The highest BCUT2D eigenvalue weighted by Gasteiger charge is 2.47. The lowest BCUT2D eigenvalue weighted by molar-refractivity contribution is -0.900. The van der Waals surface area contributed by atoms with E-state index in [4.69, 9.17) is 5.73 Å². The van der Waals surface area contributed by atoms with E-state index in [1.165, 1.54) is 49.8 Å².